The van der Waals surface area contributed by atoms with Gasteiger partial charge >= 0.3 is 0 Å². The lowest BCUT2D eigenvalue weighted by atomic mass is 10.1. The maximum absolute atomic E-state index is 13.5. The number of rotatable bonds is 8. The summed E-state index contributed by atoms with van der Waals surface area (Å²) >= 11 is 18.6. The van der Waals surface area contributed by atoms with Crippen molar-refractivity contribution < 1.29 is 22.8 Å². The molecule has 0 saturated heterocycles. The molecule has 0 spiro atoms. The Morgan fingerprint density at radius 3 is 2.11 bits per heavy atom. The second-order valence-corrected chi connectivity index (χ2v) is 13.6. The molecule has 5 aromatic carbocycles. The fraction of sp³-hybridized carbons (Fsp3) is 0.0476. The Morgan fingerprint density at radius 2 is 1.38 bits per heavy atom. The SMILES string of the molecule is O=C(Nc1ccc(F)c(F)c1)c1nn(Cc2c(Cl)cccc2Cl)c2ccccc12.O=C(Nc1cccnc1Cl)c1cn(Cc2cccc(F)c2)c2ccccc12. The van der Waals surface area contributed by atoms with Crippen LogP contribution in [0.2, 0.25) is 15.2 Å². The van der Waals surface area contributed by atoms with Gasteiger partial charge in [0.05, 0.1) is 23.3 Å². The number of anilines is 2. The van der Waals surface area contributed by atoms with E-state index in [-0.39, 0.29) is 34.8 Å². The molecule has 2 N–H and O–H groups in total. The molecule has 14 heteroatoms. The molecule has 0 aliphatic rings. The van der Waals surface area contributed by atoms with Crippen molar-refractivity contribution in [2.45, 2.75) is 13.1 Å². The van der Waals surface area contributed by atoms with E-state index in [1.54, 1.807) is 65.6 Å². The van der Waals surface area contributed by atoms with Gasteiger partial charge in [0.15, 0.2) is 22.5 Å². The molecule has 3 heterocycles. The molecule has 0 aliphatic heterocycles. The summed E-state index contributed by atoms with van der Waals surface area (Å²) in [5.41, 5.74) is 4.33. The average molecular weight is 812 g/mol. The molecule has 0 fully saturated rings. The number of carbonyl (C=O) groups excluding carboxylic acids is 2. The number of halogens is 6. The fourth-order valence-electron chi connectivity index (χ4n) is 6.07. The number of hydrogen-bond acceptors (Lipinski definition) is 4. The summed E-state index contributed by atoms with van der Waals surface area (Å²) < 4.78 is 43.6. The summed E-state index contributed by atoms with van der Waals surface area (Å²) in [6.07, 6.45) is 3.33. The Labute approximate surface area is 333 Å². The van der Waals surface area contributed by atoms with Crippen LogP contribution in [-0.4, -0.2) is 31.1 Å². The minimum atomic E-state index is -1.05. The van der Waals surface area contributed by atoms with Crippen molar-refractivity contribution in [3.8, 4) is 0 Å². The molecule has 0 saturated carbocycles. The van der Waals surface area contributed by atoms with Crippen LogP contribution in [0, 0.1) is 17.5 Å². The van der Waals surface area contributed by atoms with Crippen molar-refractivity contribution in [1.29, 1.82) is 0 Å². The van der Waals surface area contributed by atoms with Gasteiger partial charge in [-0.3, -0.25) is 14.3 Å². The normalized spacial score (nSPS) is 11.0. The molecule has 8 nitrogen and oxygen atoms in total. The van der Waals surface area contributed by atoms with Crippen molar-refractivity contribution in [2.75, 3.05) is 10.6 Å². The molecule has 280 valence electrons. The number of amides is 2. The van der Waals surface area contributed by atoms with Crippen LogP contribution in [0.5, 0.6) is 0 Å². The third kappa shape index (κ3) is 8.40. The third-order valence-electron chi connectivity index (χ3n) is 8.70. The quantitative estimate of drug-likeness (QED) is 0.149. The van der Waals surface area contributed by atoms with Gasteiger partial charge in [-0.25, -0.2) is 18.2 Å². The van der Waals surface area contributed by atoms with E-state index in [2.05, 4.69) is 20.7 Å². The van der Waals surface area contributed by atoms with Gasteiger partial charge in [0.25, 0.3) is 11.8 Å². The van der Waals surface area contributed by atoms with E-state index in [9.17, 15) is 22.8 Å². The predicted molar refractivity (Wildman–Crippen MR) is 214 cm³/mol. The lowest BCUT2D eigenvalue weighted by Gasteiger charge is -2.08. The zero-order chi connectivity index (χ0) is 39.3. The predicted octanol–water partition coefficient (Wildman–Crippen LogP) is 11.1. The standard InChI is InChI=1S/C21H13Cl2F2N3O.C21H15ClFN3O/c22-15-5-3-6-16(23)14(15)11-28-19-7-2-1-4-13(19)20(27-28)21(29)26-12-8-9-17(24)18(25)10-12;22-20-18(8-4-10-24-20)25-21(27)17-13-26(19-9-2-1-7-16(17)19)12-14-5-3-6-15(23)11-14/h1-10H,11H2,(H,26,29);1-11,13H,12H2,(H,25,27). The minimum Gasteiger partial charge on any atom is -0.342 e. The first-order valence-electron chi connectivity index (χ1n) is 16.9. The minimum absolute atomic E-state index is 0.127. The van der Waals surface area contributed by atoms with E-state index < -0.39 is 17.5 Å². The number of nitrogens with one attached hydrogen (secondary N) is 2. The van der Waals surface area contributed by atoms with Crippen molar-refractivity contribution in [3.63, 3.8) is 0 Å². The van der Waals surface area contributed by atoms with Gasteiger partial charge in [0.2, 0.25) is 0 Å². The molecule has 56 heavy (non-hydrogen) atoms. The maximum atomic E-state index is 13.5. The van der Waals surface area contributed by atoms with Crippen molar-refractivity contribution in [1.82, 2.24) is 19.3 Å². The average Bonchev–Trinajstić information content (AvgIpc) is 3.74. The molecule has 0 atom stereocenters. The topological polar surface area (TPSA) is 93.8 Å². The Bertz CT molecular complexity index is 2730. The van der Waals surface area contributed by atoms with E-state index in [1.807, 2.05) is 47.0 Å². The summed E-state index contributed by atoms with van der Waals surface area (Å²) in [5, 5.41) is 12.4. The Balaban J connectivity index is 0.000000172. The monoisotopic (exact) mass is 810 g/mol. The van der Waals surface area contributed by atoms with Gasteiger partial charge in [-0.1, -0.05) is 89.4 Å². The number of pyridine rings is 1. The fourth-order valence-corrected chi connectivity index (χ4v) is 6.76. The summed E-state index contributed by atoms with van der Waals surface area (Å²) in [6.45, 7) is 0.719. The molecule has 0 bridgehead atoms. The smallest absolute Gasteiger partial charge is 0.276 e. The first-order chi connectivity index (χ1) is 27.0. The highest BCUT2D eigenvalue weighted by Crippen LogP contribution is 2.29. The van der Waals surface area contributed by atoms with E-state index >= 15 is 0 Å². The molecule has 3 aromatic heterocycles. The second-order valence-electron chi connectivity index (χ2n) is 12.4. The van der Waals surface area contributed by atoms with Gasteiger partial charge in [-0.15, -0.1) is 0 Å². The number of carbonyl (C=O) groups is 2. The summed E-state index contributed by atoms with van der Waals surface area (Å²) in [6, 6.07) is 33.0. The first kappa shape index (κ1) is 38.1. The first-order valence-corrected chi connectivity index (χ1v) is 18.1. The number of benzene rings is 5. The number of para-hydroxylation sites is 2. The zero-order valence-electron chi connectivity index (χ0n) is 29.0. The van der Waals surface area contributed by atoms with Crippen LogP contribution >= 0.6 is 34.8 Å². The van der Waals surface area contributed by atoms with Crippen molar-refractivity contribution in [2.24, 2.45) is 0 Å². The van der Waals surface area contributed by atoms with E-state index in [1.165, 1.54) is 18.2 Å². The van der Waals surface area contributed by atoms with Crippen LogP contribution in [-0.2, 0) is 13.1 Å². The largest absolute Gasteiger partial charge is 0.342 e. The van der Waals surface area contributed by atoms with Gasteiger partial charge in [0.1, 0.15) is 5.82 Å². The zero-order valence-corrected chi connectivity index (χ0v) is 31.3. The molecule has 2 amide bonds. The van der Waals surface area contributed by atoms with Crippen LogP contribution in [0.1, 0.15) is 32.0 Å². The number of hydrogen-bond donors (Lipinski definition) is 2. The van der Waals surface area contributed by atoms with Gasteiger partial charge in [-0.05, 0) is 66.2 Å². The third-order valence-corrected chi connectivity index (χ3v) is 9.71. The van der Waals surface area contributed by atoms with E-state index in [0.29, 0.717) is 44.3 Å². The lowest BCUT2D eigenvalue weighted by Crippen LogP contribution is -2.14. The van der Waals surface area contributed by atoms with Crippen molar-refractivity contribution >= 4 is 79.8 Å². The highest BCUT2D eigenvalue weighted by atomic mass is 35.5. The van der Waals surface area contributed by atoms with Crippen LogP contribution < -0.4 is 10.6 Å². The lowest BCUT2D eigenvalue weighted by molar-refractivity contribution is 0.101. The van der Waals surface area contributed by atoms with Crippen LogP contribution in [0.3, 0.4) is 0 Å². The highest BCUT2D eigenvalue weighted by molar-refractivity contribution is 6.36. The Kier molecular flexibility index (Phi) is 11.4. The highest BCUT2D eigenvalue weighted by Gasteiger charge is 2.20. The van der Waals surface area contributed by atoms with Gasteiger partial charge in [-0.2, -0.15) is 5.10 Å². The maximum Gasteiger partial charge on any atom is 0.276 e. The van der Waals surface area contributed by atoms with Crippen LogP contribution in [0.25, 0.3) is 21.8 Å². The van der Waals surface area contributed by atoms with E-state index in [0.717, 1.165) is 28.6 Å². The second kappa shape index (κ2) is 16.7. The van der Waals surface area contributed by atoms with E-state index in [4.69, 9.17) is 34.8 Å². The summed E-state index contributed by atoms with van der Waals surface area (Å²) in [5.74, 6) is -3.15. The molecular weight excluding hydrogens is 784 g/mol. The number of nitrogens with zero attached hydrogens (tertiary/aromatic N) is 4. The molecular formula is C42H28Cl3F3N6O2. The molecule has 8 aromatic rings. The molecule has 0 unspecified atom stereocenters. The number of fused-ring (bicyclic) bond motifs is 2. The Hall–Kier alpha value is -6.14. The Morgan fingerprint density at radius 1 is 0.661 bits per heavy atom. The van der Waals surface area contributed by atoms with Gasteiger partial charge in [0, 0.05) is 62.6 Å². The molecule has 0 aliphatic carbocycles. The van der Waals surface area contributed by atoms with Crippen molar-refractivity contribution in [3.05, 3.63) is 189 Å². The molecule has 0 radical (unpaired) electrons. The summed E-state index contributed by atoms with van der Waals surface area (Å²) in [4.78, 5) is 29.6. The molecule has 8 rings (SSSR count). The van der Waals surface area contributed by atoms with Crippen LogP contribution in [0.15, 0.2) is 134 Å². The number of aromatic nitrogens is 4. The summed E-state index contributed by atoms with van der Waals surface area (Å²) in [7, 11) is 0. The van der Waals surface area contributed by atoms with Crippen LogP contribution in [0.4, 0.5) is 24.5 Å². The van der Waals surface area contributed by atoms with Gasteiger partial charge < -0.3 is 15.2 Å².